The maximum atomic E-state index is 11.8. The van der Waals surface area contributed by atoms with Crippen molar-refractivity contribution >= 4 is 16.8 Å². The molecule has 3 aromatic carbocycles. The van der Waals surface area contributed by atoms with E-state index in [1.807, 2.05) is 0 Å². The van der Waals surface area contributed by atoms with Crippen LogP contribution in [0.4, 0.5) is 5.69 Å². The molecular formula is C24H23N3O2. The number of aromatic nitrogens is 1. The Balaban J connectivity index is 1.62. The van der Waals surface area contributed by atoms with Crippen LogP contribution in [0.2, 0.25) is 0 Å². The number of hydrogen-bond donors (Lipinski definition) is 1. The summed E-state index contributed by atoms with van der Waals surface area (Å²) in [5.41, 5.74) is -0.393. The van der Waals surface area contributed by atoms with Gasteiger partial charge in [0.05, 0.1) is 23.5 Å². The number of rotatable bonds is 4. The molecule has 1 N–H and O–H groups in total. The predicted octanol–water partition coefficient (Wildman–Crippen LogP) is 4.11. The lowest BCUT2D eigenvalue weighted by Gasteiger charge is -2.36. The minimum Gasteiger partial charge on any atom is -0.406 e. The Bertz CT molecular complexity index is 1730. The molecular weight excluding hydrogens is 362 g/mol. The lowest BCUT2D eigenvalue weighted by Crippen LogP contribution is -2.46. The van der Waals surface area contributed by atoms with Crippen LogP contribution in [0.15, 0.2) is 81.9 Å². The van der Waals surface area contributed by atoms with Gasteiger partial charge in [-0.2, -0.15) is 0 Å². The van der Waals surface area contributed by atoms with Gasteiger partial charge in [0.1, 0.15) is 0 Å². The summed E-state index contributed by atoms with van der Waals surface area (Å²) >= 11 is 0. The monoisotopic (exact) mass is 398 g/mol. The van der Waals surface area contributed by atoms with Crippen LogP contribution in [0.1, 0.15) is 23.4 Å². The van der Waals surface area contributed by atoms with Crippen LogP contribution >= 0.6 is 0 Å². The van der Waals surface area contributed by atoms with E-state index in [0.717, 1.165) is 0 Å². The maximum absolute atomic E-state index is 11.8. The van der Waals surface area contributed by atoms with Gasteiger partial charge in [0.25, 0.3) is 0 Å². The molecule has 4 aromatic rings. The number of anilines is 1. The largest absolute Gasteiger partial charge is 0.417 e. The van der Waals surface area contributed by atoms with Crippen molar-refractivity contribution < 1.29 is 22.2 Å². The van der Waals surface area contributed by atoms with Crippen LogP contribution in [0.5, 0.6) is 0 Å². The molecule has 0 saturated carbocycles. The van der Waals surface area contributed by atoms with Gasteiger partial charge < -0.3 is 9.32 Å². The van der Waals surface area contributed by atoms with Gasteiger partial charge >= 0.3 is 5.76 Å². The Morgan fingerprint density at radius 2 is 1.79 bits per heavy atom. The average Bonchev–Trinajstić information content (AvgIpc) is 3.30. The smallest absolute Gasteiger partial charge is 0.406 e. The van der Waals surface area contributed by atoms with Crippen LogP contribution < -0.4 is 10.7 Å². The average molecular weight is 399 g/mol. The van der Waals surface area contributed by atoms with Crippen molar-refractivity contribution in [1.82, 2.24) is 9.88 Å². The molecule has 0 amide bonds. The second-order valence-electron chi connectivity index (χ2n) is 6.24. The van der Waals surface area contributed by atoms with Gasteiger partial charge in [-0.05, 0) is 34.9 Å². The van der Waals surface area contributed by atoms with Crippen molar-refractivity contribution in [2.75, 3.05) is 30.9 Å². The number of H-pyrrole nitrogens is 1. The van der Waals surface area contributed by atoms with Gasteiger partial charge in [0.2, 0.25) is 0 Å². The summed E-state index contributed by atoms with van der Waals surface area (Å²) in [6, 6.07) is 7.02. The van der Waals surface area contributed by atoms with E-state index in [1.54, 1.807) is 0 Å². The Kier molecular flexibility index (Phi) is 2.25. The van der Waals surface area contributed by atoms with E-state index >= 15 is 0 Å². The number of hydrogen-bond acceptors (Lipinski definition) is 4. The molecule has 1 saturated heterocycles. The number of para-hydroxylation sites is 1. The number of piperazine rings is 1. The normalized spacial score (nSPS) is 28.6. The van der Waals surface area contributed by atoms with Crippen LogP contribution in [0, 0.1) is 0 Å². The highest BCUT2D eigenvalue weighted by Crippen LogP contribution is 2.26. The van der Waals surface area contributed by atoms with Crippen LogP contribution in [-0.4, -0.2) is 35.9 Å². The summed E-state index contributed by atoms with van der Waals surface area (Å²) in [6.45, 7) is -13.5. The Morgan fingerprint density at radius 3 is 2.62 bits per heavy atom. The van der Waals surface area contributed by atoms with E-state index in [4.69, 9.17) is 22.2 Å². The molecule has 5 heteroatoms. The highest BCUT2D eigenvalue weighted by atomic mass is 16.4. The van der Waals surface area contributed by atoms with Crippen LogP contribution in [-0.2, 0) is 6.54 Å². The standard InChI is InChI=1S/C24H23N3O2/c28-24-25-21-10-5-11-22(23(21)29-24)27-14-12-26(13-15-27)17-18-6-4-9-20(16-18)19-7-2-1-3-8-19/h1-11,16H,12-15,17H2,(H,25,28)/i1D,2D,3D,7D,8D,12D2,13D2,14D2,15D2. The van der Waals surface area contributed by atoms with E-state index in [9.17, 15) is 4.79 Å². The van der Waals surface area contributed by atoms with Crippen molar-refractivity contribution in [3.05, 3.63) is 88.8 Å². The predicted molar refractivity (Wildman–Crippen MR) is 116 cm³/mol. The third-order valence-electron chi connectivity index (χ3n) is 4.32. The zero-order valence-corrected chi connectivity index (χ0v) is 15.0. The Hall–Kier alpha value is -3.31. The van der Waals surface area contributed by atoms with Gasteiger partial charge in [0.15, 0.2) is 5.58 Å². The highest BCUT2D eigenvalue weighted by Gasteiger charge is 2.20. The molecule has 1 fully saturated rings. The number of aromatic amines is 1. The van der Waals surface area contributed by atoms with E-state index < -0.39 is 68.5 Å². The lowest BCUT2D eigenvalue weighted by molar-refractivity contribution is 0.250. The first-order valence-electron chi connectivity index (χ1n) is 15.2. The Labute approximate surface area is 187 Å². The van der Waals surface area contributed by atoms with Crippen molar-refractivity contribution in [3.8, 4) is 11.1 Å². The summed E-state index contributed by atoms with van der Waals surface area (Å²) in [5.74, 6) is -0.915. The molecule has 146 valence electrons. The molecule has 0 unspecified atom stereocenters. The third-order valence-corrected chi connectivity index (χ3v) is 4.32. The van der Waals surface area contributed by atoms with E-state index in [-0.39, 0.29) is 33.5 Å². The SMILES string of the molecule is [2H]c1c([2H])c([2H])c(-c2cccc(CN3C([2H])([2H])C([2H])([2H])N(c4cccc5[nH]c(=O)oc45)C([2H])([2H])C3([2H])[2H])c2)c([2H])c1[2H]. The number of fused-ring (bicyclic) bond motifs is 1. The second-order valence-corrected chi connectivity index (χ2v) is 6.24. The lowest BCUT2D eigenvalue weighted by atomic mass is 10.0. The fourth-order valence-electron chi connectivity index (χ4n) is 3.01. The minimum absolute atomic E-state index is 0.0807. The molecule has 0 atom stereocenters. The maximum Gasteiger partial charge on any atom is 0.417 e. The quantitative estimate of drug-likeness (QED) is 0.562. The molecule has 1 aromatic heterocycles. The number of nitrogens with zero attached hydrogens (tertiary/aromatic N) is 2. The molecule has 1 aliphatic rings. The molecule has 2 heterocycles. The first kappa shape index (κ1) is 8.59. The third kappa shape index (κ3) is 3.69. The van der Waals surface area contributed by atoms with Crippen LogP contribution in [0.3, 0.4) is 0 Å². The summed E-state index contributed by atoms with van der Waals surface area (Å²) in [4.78, 5) is 14.9. The van der Waals surface area contributed by atoms with E-state index in [2.05, 4.69) is 4.98 Å². The van der Waals surface area contributed by atoms with Crippen LogP contribution in [0.25, 0.3) is 22.2 Å². The van der Waals surface area contributed by atoms with Gasteiger partial charge in [-0.15, -0.1) is 0 Å². The topological polar surface area (TPSA) is 52.5 Å². The van der Waals surface area contributed by atoms with Crippen molar-refractivity contribution in [1.29, 1.82) is 0 Å². The fourth-order valence-corrected chi connectivity index (χ4v) is 3.01. The van der Waals surface area contributed by atoms with E-state index in [0.29, 0.717) is 9.80 Å². The molecule has 5 rings (SSSR count). The van der Waals surface area contributed by atoms with Gasteiger partial charge in [-0.1, -0.05) is 54.5 Å². The molecule has 0 radical (unpaired) electrons. The summed E-state index contributed by atoms with van der Waals surface area (Å²) in [7, 11) is 0. The zero-order valence-electron chi connectivity index (χ0n) is 28.0. The Morgan fingerprint density at radius 1 is 1.00 bits per heavy atom. The van der Waals surface area contributed by atoms with Gasteiger partial charge in [-0.25, -0.2) is 4.79 Å². The molecule has 1 aliphatic heterocycles. The number of benzene rings is 3. The van der Waals surface area contributed by atoms with E-state index in [1.165, 1.54) is 42.5 Å². The summed E-state index contributed by atoms with van der Waals surface area (Å²) in [5, 5.41) is 0. The van der Waals surface area contributed by atoms with Gasteiger partial charge in [-0.3, -0.25) is 9.88 Å². The second kappa shape index (κ2) is 7.60. The fraction of sp³-hybridized carbons (Fsp3) is 0.208. The minimum atomic E-state index is -3.24. The van der Waals surface area contributed by atoms with Crippen molar-refractivity contribution in [2.45, 2.75) is 6.54 Å². The van der Waals surface area contributed by atoms with Gasteiger partial charge in [0, 0.05) is 38.0 Å². The number of nitrogens with one attached hydrogen (secondary N) is 1. The highest BCUT2D eigenvalue weighted by molar-refractivity contribution is 5.86. The first-order valence-corrected chi connectivity index (χ1v) is 8.72. The molecule has 5 nitrogen and oxygen atoms in total. The zero-order chi connectivity index (χ0) is 31.2. The summed E-state index contributed by atoms with van der Waals surface area (Å²) in [6.07, 6.45) is 0. The summed E-state index contributed by atoms with van der Waals surface area (Å²) < 4.78 is 115. The molecule has 29 heavy (non-hydrogen) atoms. The number of oxazole rings is 1. The van der Waals surface area contributed by atoms with Crippen molar-refractivity contribution in [3.63, 3.8) is 0 Å². The molecule has 0 spiro atoms. The first-order chi connectivity index (χ1) is 19.4. The molecule has 0 bridgehead atoms. The molecule has 0 aliphatic carbocycles. The van der Waals surface area contributed by atoms with Crippen molar-refractivity contribution in [2.24, 2.45) is 0 Å².